The number of carbonyl (C=O) groups excluding carboxylic acids is 3. The Kier molecular flexibility index (Phi) is 15.8. The van der Waals surface area contributed by atoms with E-state index in [-0.39, 0.29) is 58.7 Å². The molecule has 0 saturated heterocycles. The Hall–Kier alpha value is -5.77. The first-order valence-electron chi connectivity index (χ1n) is 17.7. The predicted octanol–water partition coefficient (Wildman–Crippen LogP) is 6.48. The van der Waals surface area contributed by atoms with Gasteiger partial charge in [0.25, 0.3) is 0 Å². The second-order valence-corrected chi connectivity index (χ2v) is 12.5. The lowest BCUT2D eigenvalue weighted by Crippen LogP contribution is -2.40. The normalized spacial score (nSPS) is 12.1. The molecule has 60 heavy (non-hydrogen) atoms. The van der Waals surface area contributed by atoms with Crippen LogP contribution in [0.5, 0.6) is 11.5 Å². The Balaban J connectivity index is 1.01. The smallest absolute Gasteiger partial charge is 0.407 e. The lowest BCUT2D eigenvalue weighted by atomic mass is 9.98. The molecular weight excluding hydrogens is 830 g/mol. The van der Waals surface area contributed by atoms with Gasteiger partial charge in [0.15, 0.2) is 0 Å². The number of carbonyl (C=O) groups is 3. The Morgan fingerprint density at radius 1 is 0.517 bits per heavy atom. The summed E-state index contributed by atoms with van der Waals surface area (Å²) >= 11 is 0. The number of alkyl carbamates (subject to hydrolysis) is 1. The zero-order valence-electron chi connectivity index (χ0n) is 30.9. The SMILES string of the molecule is O=C(CN(CCOCCOCCOCCNC(=O)OCC1c2ccccc2-c2ccccc21)CC(=O)Oc1c(F)c(F)c(F)c(F)c1F)Oc1c(F)c(F)c(F)c(F)c1F. The summed E-state index contributed by atoms with van der Waals surface area (Å²) in [6.07, 6.45) is -0.621. The van der Waals surface area contributed by atoms with Gasteiger partial charge in [-0.2, -0.15) is 17.6 Å². The van der Waals surface area contributed by atoms with Gasteiger partial charge in [-0.1, -0.05) is 48.5 Å². The van der Waals surface area contributed by atoms with E-state index in [4.69, 9.17) is 18.9 Å². The first kappa shape index (κ1) is 45.3. The van der Waals surface area contributed by atoms with Crippen molar-refractivity contribution in [3.8, 4) is 22.6 Å². The van der Waals surface area contributed by atoms with Crippen LogP contribution in [0.3, 0.4) is 0 Å². The van der Waals surface area contributed by atoms with Crippen molar-refractivity contribution in [1.82, 2.24) is 10.2 Å². The first-order valence-corrected chi connectivity index (χ1v) is 17.7. The summed E-state index contributed by atoms with van der Waals surface area (Å²) in [6, 6.07) is 15.8. The van der Waals surface area contributed by atoms with Gasteiger partial charge >= 0.3 is 18.0 Å². The first-order chi connectivity index (χ1) is 28.7. The standard InChI is InChI=1S/C39H32F10N2O9/c40-27-29(42)33(46)37(34(47)30(27)43)59-25(52)17-51(18-26(53)60-38-35(48)31(44)28(41)32(45)36(38)49)10-12-56-14-16-57-15-13-55-11-9-50-39(54)58-19-24-22-7-3-1-5-20(22)21-6-2-4-8-23(21)24/h1-8,24H,9-19H2,(H,50,54). The van der Waals surface area contributed by atoms with Crippen molar-refractivity contribution in [2.75, 3.05) is 72.4 Å². The van der Waals surface area contributed by atoms with Gasteiger partial charge in [0, 0.05) is 19.0 Å². The second-order valence-electron chi connectivity index (χ2n) is 12.5. The number of amides is 1. The molecule has 4 aromatic rings. The van der Waals surface area contributed by atoms with E-state index >= 15 is 0 Å². The number of esters is 2. The maximum atomic E-state index is 14.0. The molecule has 0 aliphatic heterocycles. The van der Waals surface area contributed by atoms with E-state index in [1.165, 1.54) is 0 Å². The molecule has 0 saturated carbocycles. The molecule has 1 aliphatic carbocycles. The van der Waals surface area contributed by atoms with E-state index in [0.29, 0.717) is 4.90 Å². The number of hydrogen-bond donors (Lipinski definition) is 1. The zero-order chi connectivity index (χ0) is 43.5. The molecule has 0 unspecified atom stereocenters. The Morgan fingerprint density at radius 2 is 0.900 bits per heavy atom. The minimum atomic E-state index is -2.54. The van der Waals surface area contributed by atoms with Crippen LogP contribution in [0.2, 0.25) is 0 Å². The molecule has 0 spiro atoms. The zero-order valence-corrected chi connectivity index (χ0v) is 30.9. The van der Waals surface area contributed by atoms with E-state index in [1.807, 2.05) is 48.5 Å². The van der Waals surface area contributed by atoms with Crippen molar-refractivity contribution in [3.05, 3.63) is 118 Å². The van der Waals surface area contributed by atoms with Crippen LogP contribution in [-0.2, 0) is 28.5 Å². The van der Waals surface area contributed by atoms with E-state index in [2.05, 4.69) is 14.8 Å². The molecule has 0 heterocycles. The third kappa shape index (κ3) is 10.9. The minimum Gasteiger partial charge on any atom is -0.449 e. The number of fused-ring (bicyclic) bond motifs is 3. The van der Waals surface area contributed by atoms with Gasteiger partial charge in [-0.3, -0.25) is 14.5 Å². The topological polar surface area (TPSA) is 122 Å². The van der Waals surface area contributed by atoms with Crippen LogP contribution < -0.4 is 14.8 Å². The van der Waals surface area contributed by atoms with Crippen molar-refractivity contribution >= 4 is 18.0 Å². The summed E-state index contributed by atoms with van der Waals surface area (Å²) < 4.78 is 167. The van der Waals surface area contributed by atoms with Gasteiger partial charge in [-0.15, -0.1) is 0 Å². The van der Waals surface area contributed by atoms with E-state index < -0.39 is 107 Å². The lowest BCUT2D eigenvalue weighted by Gasteiger charge is -2.21. The van der Waals surface area contributed by atoms with E-state index in [9.17, 15) is 58.3 Å². The Labute approximate surface area is 333 Å². The highest BCUT2D eigenvalue weighted by Crippen LogP contribution is 2.44. The van der Waals surface area contributed by atoms with Crippen molar-refractivity contribution < 1.29 is 86.7 Å². The molecule has 322 valence electrons. The third-order valence-corrected chi connectivity index (χ3v) is 8.63. The number of hydrogen-bond acceptors (Lipinski definition) is 10. The summed E-state index contributed by atoms with van der Waals surface area (Å²) in [6.45, 7) is -2.84. The summed E-state index contributed by atoms with van der Waals surface area (Å²) in [5, 5.41) is 2.60. The Morgan fingerprint density at radius 3 is 1.35 bits per heavy atom. The van der Waals surface area contributed by atoms with Crippen molar-refractivity contribution in [2.45, 2.75) is 5.92 Å². The van der Waals surface area contributed by atoms with Crippen LogP contribution in [0.4, 0.5) is 48.7 Å². The summed E-state index contributed by atoms with van der Waals surface area (Å²) in [4.78, 5) is 37.9. The predicted molar refractivity (Wildman–Crippen MR) is 186 cm³/mol. The Bertz CT molecular complexity index is 2030. The maximum absolute atomic E-state index is 14.0. The highest BCUT2D eigenvalue weighted by molar-refractivity contribution is 5.79. The van der Waals surface area contributed by atoms with E-state index in [0.717, 1.165) is 22.3 Å². The van der Waals surface area contributed by atoms with Gasteiger partial charge in [-0.05, 0) is 22.3 Å². The maximum Gasteiger partial charge on any atom is 0.407 e. The second kappa shape index (κ2) is 21.0. The summed E-state index contributed by atoms with van der Waals surface area (Å²) in [5.41, 5.74) is 4.32. The molecule has 0 radical (unpaired) electrons. The fourth-order valence-electron chi connectivity index (χ4n) is 5.83. The number of benzene rings is 4. The van der Waals surface area contributed by atoms with Crippen LogP contribution in [-0.4, -0.2) is 95.4 Å². The molecular formula is C39H32F10N2O9. The summed E-state index contributed by atoms with van der Waals surface area (Å²) in [7, 11) is 0. The highest BCUT2D eigenvalue weighted by atomic mass is 19.2. The van der Waals surface area contributed by atoms with Crippen LogP contribution in [0.1, 0.15) is 17.0 Å². The average molecular weight is 863 g/mol. The summed E-state index contributed by atoms with van der Waals surface area (Å²) in [5.74, 6) is -32.4. The molecule has 0 aromatic heterocycles. The fourth-order valence-corrected chi connectivity index (χ4v) is 5.83. The van der Waals surface area contributed by atoms with Gasteiger partial charge in [0.1, 0.15) is 6.61 Å². The van der Waals surface area contributed by atoms with Gasteiger partial charge < -0.3 is 33.7 Å². The average Bonchev–Trinajstić information content (AvgIpc) is 3.56. The molecule has 4 aromatic carbocycles. The van der Waals surface area contributed by atoms with Crippen molar-refractivity contribution in [1.29, 1.82) is 0 Å². The third-order valence-electron chi connectivity index (χ3n) is 8.63. The molecule has 0 atom stereocenters. The largest absolute Gasteiger partial charge is 0.449 e. The van der Waals surface area contributed by atoms with Crippen molar-refractivity contribution in [2.24, 2.45) is 0 Å². The van der Waals surface area contributed by atoms with Crippen LogP contribution in [0, 0.1) is 58.2 Å². The quantitative estimate of drug-likeness (QED) is 0.0264. The lowest BCUT2D eigenvalue weighted by molar-refractivity contribution is -0.139. The molecule has 1 aliphatic rings. The number of nitrogens with zero attached hydrogens (tertiary/aromatic N) is 1. The van der Waals surface area contributed by atoms with Gasteiger partial charge in [-0.25, -0.2) is 31.1 Å². The molecule has 21 heteroatoms. The molecule has 0 bridgehead atoms. The van der Waals surface area contributed by atoms with Gasteiger partial charge in [0.05, 0.1) is 52.7 Å². The molecule has 11 nitrogen and oxygen atoms in total. The molecule has 5 rings (SSSR count). The number of ether oxygens (including phenoxy) is 6. The molecule has 0 fully saturated rings. The number of halogens is 10. The van der Waals surface area contributed by atoms with Crippen molar-refractivity contribution in [3.63, 3.8) is 0 Å². The van der Waals surface area contributed by atoms with E-state index in [1.54, 1.807) is 0 Å². The monoisotopic (exact) mass is 862 g/mol. The highest BCUT2D eigenvalue weighted by Gasteiger charge is 2.32. The van der Waals surface area contributed by atoms with Crippen LogP contribution >= 0.6 is 0 Å². The van der Waals surface area contributed by atoms with Crippen LogP contribution in [0.15, 0.2) is 48.5 Å². The molecule has 1 N–H and O–H groups in total. The number of nitrogens with one attached hydrogen (secondary N) is 1. The fraction of sp³-hybridized carbons (Fsp3) is 0.308. The van der Waals surface area contributed by atoms with Gasteiger partial charge in [0.2, 0.25) is 69.7 Å². The number of rotatable bonds is 20. The van der Waals surface area contributed by atoms with Crippen LogP contribution in [0.25, 0.3) is 11.1 Å². The molecule has 1 amide bonds. The minimum absolute atomic E-state index is 0.0358.